The van der Waals surface area contributed by atoms with E-state index >= 15 is 0 Å². The van der Waals surface area contributed by atoms with Crippen molar-refractivity contribution in [3.63, 3.8) is 0 Å². The first kappa shape index (κ1) is 20.9. The first-order valence-corrected chi connectivity index (χ1v) is 10.6. The quantitative estimate of drug-likeness (QED) is 0.421. The Balaban J connectivity index is 1.45. The molecule has 2 N–H and O–H groups in total. The normalized spacial score (nSPS) is 10.9. The highest BCUT2D eigenvalue weighted by atomic mass is 32.1. The summed E-state index contributed by atoms with van der Waals surface area (Å²) < 4.78 is 20.5. The molecule has 0 unspecified atom stereocenters. The van der Waals surface area contributed by atoms with Crippen molar-refractivity contribution in [3.05, 3.63) is 68.8 Å². The van der Waals surface area contributed by atoms with Crippen LogP contribution in [-0.4, -0.2) is 27.6 Å². The lowest BCUT2D eigenvalue weighted by Gasteiger charge is -2.08. The number of carbonyl (C=O) groups excluding carboxylic acids is 1. The van der Waals surface area contributed by atoms with Crippen molar-refractivity contribution in [1.29, 1.82) is 0 Å². The van der Waals surface area contributed by atoms with Crippen LogP contribution in [-0.2, 0) is 11.3 Å². The third kappa shape index (κ3) is 4.39. The molecule has 7 nitrogen and oxygen atoms in total. The van der Waals surface area contributed by atoms with Gasteiger partial charge in [0.05, 0.1) is 23.7 Å². The number of aromatic amines is 1. The van der Waals surface area contributed by atoms with Crippen molar-refractivity contribution in [3.8, 4) is 17.0 Å². The Morgan fingerprint density at radius 3 is 2.90 bits per heavy atom. The molecule has 0 aliphatic heterocycles. The van der Waals surface area contributed by atoms with Crippen LogP contribution in [0.4, 0.5) is 9.52 Å². The summed E-state index contributed by atoms with van der Waals surface area (Å²) in [6.45, 7) is 0.132. The van der Waals surface area contributed by atoms with Crippen molar-refractivity contribution in [2.75, 3.05) is 12.4 Å². The Bertz CT molecular complexity index is 1390. The van der Waals surface area contributed by atoms with E-state index in [0.717, 1.165) is 0 Å². The van der Waals surface area contributed by atoms with Gasteiger partial charge in [-0.3, -0.25) is 14.2 Å². The molecule has 2 aromatic heterocycles. The van der Waals surface area contributed by atoms with E-state index in [1.54, 1.807) is 29.6 Å². The summed E-state index contributed by atoms with van der Waals surface area (Å²) in [5.74, 6) is -0.651. The molecule has 0 saturated heterocycles. The number of nitrogens with one attached hydrogen (secondary N) is 2. The topological polar surface area (TPSA) is 89.0 Å². The van der Waals surface area contributed by atoms with Gasteiger partial charge in [-0.25, -0.2) is 9.37 Å². The van der Waals surface area contributed by atoms with Crippen molar-refractivity contribution in [2.24, 2.45) is 0 Å². The number of ether oxygens (including phenoxy) is 1. The van der Waals surface area contributed by atoms with Crippen LogP contribution in [0.2, 0.25) is 0 Å². The van der Waals surface area contributed by atoms with E-state index in [-0.39, 0.29) is 35.0 Å². The van der Waals surface area contributed by atoms with E-state index in [2.05, 4.69) is 15.3 Å². The molecule has 0 saturated carbocycles. The zero-order valence-electron chi connectivity index (χ0n) is 16.3. The molecular formula is C21H17FN4O3S2. The Morgan fingerprint density at radius 2 is 2.13 bits per heavy atom. The number of hydrogen-bond donors (Lipinski definition) is 2. The monoisotopic (exact) mass is 456 g/mol. The highest BCUT2D eigenvalue weighted by Crippen LogP contribution is 2.28. The summed E-state index contributed by atoms with van der Waals surface area (Å²) in [7, 11) is 1.40. The molecule has 0 spiro atoms. The van der Waals surface area contributed by atoms with Gasteiger partial charge < -0.3 is 15.0 Å². The number of halogens is 1. The van der Waals surface area contributed by atoms with Gasteiger partial charge in [0.15, 0.2) is 21.5 Å². The summed E-state index contributed by atoms with van der Waals surface area (Å²) >= 11 is 6.49. The molecule has 10 heteroatoms. The predicted molar refractivity (Wildman–Crippen MR) is 121 cm³/mol. The molecule has 0 fully saturated rings. The third-order valence-electron chi connectivity index (χ3n) is 4.65. The number of rotatable bonds is 6. The van der Waals surface area contributed by atoms with Gasteiger partial charge in [0.1, 0.15) is 0 Å². The van der Waals surface area contributed by atoms with Crippen LogP contribution in [0, 0.1) is 10.6 Å². The highest BCUT2D eigenvalue weighted by Gasteiger charge is 2.12. The van der Waals surface area contributed by atoms with Crippen LogP contribution >= 0.6 is 23.6 Å². The molecule has 158 valence electrons. The third-order valence-corrected chi connectivity index (χ3v) is 5.73. The van der Waals surface area contributed by atoms with Gasteiger partial charge in [0.25, 0.3) is 5.56 Å². The summed E-state index contributed by atoms with van der Waals surface area (Å²) in [4.78, 5) is 32.4. The first-order chi connectivity index (χ1) is 15.0. The molecule has 2 heterocycles. The van der Waals surface area contributed by atoms with Crippen molar-refractivity contribution >= 4 is 45.5 Å². The smallest absolute Gasteiger partial charge is 0.262 e. The van der Waals surface area contributed by atoms with Gasteiger partial charge in [-0.05, 0) is 42.5 Å². The summed E-state index contributed by atoms with van der Waals surface area (Å²) in [6.07, 6.45) is 0.0435. The summed E-state index contributed by atoms with van der Waals surface area (Å²) in [5, 5.41) is 5.32. The van der Waals surface area contributed by atoms with E-state index in [4.69, 9.17) is 17.0 Å². The lowest BCUT2D eigenvalue weighted by Crippen LogP contribution is -2.25. The number of aromatic nitrogens is 3. The maximum atomic E-state index is 13.9. The predicted octanol–water partition coefficient (Wildman–Crippen LogP) is 4.36. The minimum absolute atomic E-state index is 0.0435. The van der Waals surface area contributed by atoms with Crippen molar-refractivity contribution < 1.29 is 13.9 Å². The van der Waals surface area contributed by atoms with E-state index in [1.807, 2.05) is 6.07 Å². The Hall–Kier alpha value is -3.37. The number of hydrogen-bond acceptors (Lipinski definition) is 6. The van der Waals surface area contributed by atoms with Crippen LogP contribution in [0.3, 0.4) is 0 Å². The number of nitrogens with zero attached hydrogens (tertiary/aromatic N) is 2. The minimum Gasteiger partial charge on any atom is -0.494 e. The number of amides is 1. The maximum absolute atomic E-state index is 13.9. The standard InChI is InChI=1S/C21H17FN4O3S2/c1-29-17-7-6-12(10-14(17)22)16-11-31-20(23-16)25-18(27)8-9-26-19(28)13-4-2-3-5-15(13)24-21(26)30/h2-7,10-11H,8-9H2,1H3,(H,24,30)(H,23,25,27). The molecule has 0 radical (unpaired) electrons. The fraction of sp³-hybridized carbons (Fsp3) is 0.143. The largest absolute Gasteiger partial charge is 0.494 e. The highest BCUT2D eigenvalue weighted by molar-refractivity contribution is 7.71. The van der Waals surface area contributed by atoms with E-state index < -0.39 is 5.82 Å². The van der Waals surface area contributed by atoms with Crippen molar-refractivity contribution in [2.45, 2.75) is 13.0 Å². The Labute approximate surface area is 185 Å². The lowest BCUT2D eigenvalue weighted by atomic mass is 10.1. The number of thiazole rings is 1. The number of para-hydroxylation sites is 1. The molecule has 0 aliphatic carbocycles. The Morgan fingerprint density at radius 1 is 1.32 bits per heavy atom. The van der Waals surface area contributed by atoms with Gasteiger partial charge in [-0.2, -0.15) is 0 Å². The molecular weight excluding hydrogens is 439 g/mol. The van der Waals surface area contributed by atoms with Crippen LogP contribution in [0.25, 0.3) is 22.2 Å². The Kier molecular flexibility index (Phi) is 5.92. The van der Waals surface area contributed by atoms with Gasteiger partial charge in [-0.15, -0.1) is 11.3 Å². The van der Waals surface area contributed by atoms with Crippen LogP contribution in [0.1, 0.15) is 6.42 Å². The van der Waals surface area contributed by atoms with Crippen LogP contribution in [0.15, 0.2) is 52.6 Å². The van der Waals surface area contributed by atoms with E-state index in [0.29, 0.717) is 27.3 Å². The molecule has 31 heavy (non-hydrogen) atoms. The SMILES string of the molecule is COc1ccc(-c2csc(NC(=O)CCn3c(=S)[nH]c4ccccc4c3=O)n2)cc1F. The number of methoxy groups -OCH3 is 1. The number of benzene rings is 2. The van der Waals surface area contributed by atoms with Gasteiger partial charge in [0, 0.05) is 23.9 Å². The molecule has 1 amide bonds. The molecule has 0 aliphatic rings. The number of fused-ring (bicyclic) bond motifs is 1. The maximum Gasteiger partial charge on any atom is 0.262 e. The summed E-state index contributed by atoms with van der Waals surface area (Å²) in [6, 6.07) is 11.6. The van der Waals surface area contributed by atoms with Gasteiger partial charge in [0.2, 0.25) is 5.91 Å². The molecule has 0 atom stereocenters. The number of H-pyrrole nitrogens is 1. The molecule has 4 aromatic rings. The molecule has 4 rings (SSSR count). The van der Waals surface area contributed by atoms with E-state index in [9.17, 15) is 14.0 Å². The number of anilines is 1. The fourth-order valence-corrected chi connectivity index (χ4v) is 4.11. The van der Waals surface area contributed by atoms with Crippen LogP contribution in [0.5, 0.6) is 5.75 Å². The second kappa shape index (κ2) is 8.78. The zero-order valence-corrected chi connectivity index (χ0v) is 18.0. The zero-order chi connectivity index (χ0) is 22.0. The van der Waals surface area contributed by atoms with E-state index in [1.165, 1.54) is 35.1 Å². The fourth-order valence-electron chi connectivity index (χ4n) is 3.09. The van der Waals surface area contributed by atoms with Crippen molar-refractivity contribution in [1.82, 2.24) is 14.5 Å². The molecule has 2 aromatic carbocycles. The molecule has 0 bridgehead atoms. The average molecular weight is 457 g/mol. The number of carbonyl (C=O) groups is 1. The minimum atomic E-state index is -0.490. The summed E-state index contributed by atoms with van der Waals surface area (Å²) in [5.41, 5.74) is 1.52. The van der Waals surface area contributed by atoms with Crippen LogP contribution < -0.4 is 15.6 Å². The lowest BCUT2D eigenvalue weighted by molar-refractivity contribution is -0.116. The second-order valence-corrected chi connectivity index (χ2v) is 7.86. The second-order valence-electron chi connectivity index (χ2n) is 6.62. The first-order valence-electron chi connectivity index (χ1n) is 9.27. The van der Waals surface area contributed by atoms with Gasteiger partial charge in [-0.1, -0.05) is 12.1 Å². The average Bonchev–Trinajstić information content (AvgIpc) is 3.22. The van der Waals surface area contributed by atoms with Gasteiger partial charge >= 0.3 is 0 Å².